The van der Waals surface area contributed by atoms with Crippen LogP contribution in [0.2, 0.25) is 0 Å². The second-order valence-corrected chi connectivity index (χ2v) is 8.34. The molecule has 7 nitrogen and oxygen atoms in total. The fraction of sp³-hybridized carbons (Fsp3) is 0.529. The molecule has 0 unspecified atom stereocenters. The third-order valence-electron chi connectivity index (χ3n) is 4.56. The van der Waals surface area contributed by atoms with Gasteiger partial charge in [0.1, 0.15) is 5.82 Å². The molecular weight excluding hydrogens is 420 g/mol. The Morgan fingerprint density at radius 1 is 1.35 bits per heavy atom. The Morgan fingerprint density at radius 3 is 2.88 bits per heavy atom. The summed E-state index contributed by atoms with van der Waals surface area (Å²) in [7, 11) is 0. The van der Waals surface area contributed by atoms with Gasteiger partial charge >= 0.3 is 0 Å². The minimum absolute atomic E-state index is 0.00830. The van der Waals surface area contributed by atoms with E-state index in [-0.39, 0.29) is 23.0 Å². The highest BCUT2D eigenvalue weighted by molar-refractivity contribution is 9.10. The molecule has 2 fully saturated rings. The number of pyridine rings is 1. The average molecular weight is 441 g/mol. The molecule has 140 valence electrons. The molecule has 2 saturated heterocycles. The van der Waals surface area contributed by atoms with Crippen molar-refractivity contribution < 1.29 is 14.4 Å². The summed E-state index contributed by atoms with van der Waals surface area (Å²) in [5.41, 5.74) is 0. The van der Waals surface area contributed by atoms with Crippen LogP contribution in [0.3, 0.4) is 0 Å². The summed E-state index contributed by atoms with van der Waals surface area (Å²) < 4.78 is 0.847. The minimum Gasteiger partial charge on any atom is -0.342 e. The van der Waals surface area contributed by atoms with Gasteiger partial charge in [-0.25, -0.2) is 4.98 Å². The van der Waals surface area contributed by atoms with Gasteiger partial charge in [0.15, 0.2) is 0 Å². The van der Waals surface area contributed by atoms with Gasteiger partial charge in [-0.15, -0.1) is 0 Å². The summed E-state index contributed by atoms with van der Waals surface area (Å²) in [6.07, 6.45) is 3.50. The van der Waals surface area contributed by atoms with Crippen LogP contribution in [-0.4, -0.2) is 63.8 Å². The van der Waals surface area contributed by atoms with E-state index in [1.165, 1.54) is 11.8 Å². The Labute approximate surface area is 165 Å². The first-order valence-corrected chi connectivity index (χ1v) is 10.4. The highest BCUT2D eigenvalue weighted by atomic mass is 79.9. The van der Waals surface area contributed by atoms with Crippen LogP contribution in [0.4, 0.5) is 10.6 Å². The fourth-order valence-electron chi connectivity index (χ4n) is 3.11. The Hall–Kier alpha value is -1.61. The fourth-order valence-corrected chi connectivity index (χ4v) is 4.20. The molecule has 0 saturated carbocycles. The number of nitrogens with one attached hydrogen (secondary N) is 1. The maximum absolute atomic E-state index is 12.5. The van der Waals surface area contributed by atoms with Gasteiger partial charge in [-0.1, -0.05) is 11.8 Å². The Balaban J connectivity index is 1.49. The number of rotatable bonds is 5. The molecule has 2 aliphatic rings. The quantitative estimate of drug-likeness (QED) is 0.760. The van der Waals surface area contributed by atoms with Crippen molar-refractivity contribution >= 4 is 50.6 Å². The number of halogens is 1. The second-order valence-electron chi connectivity index (χ2n) is 6.38. The summed E-state index contributed by atoms with van der Waals surface area (Å²) in [6, 6.07) is 3.55. The molecule has 1 aromatic rings. The molecule has 0 aliphatic carbocycles. The predicted octanol–water partition coefficient (Wildman–Crippen LogP) is 2.58. The summed E-state index contributed by atoms with van der Waals surface area (Å²) >= 11 is 4.61. The molecule has 0 spiro atoms. The van der Waals surface area contributed by atoms with Crippen molar-refractivity contribution in [2.24, 2.45) is 5.92 Å². The van der Waals surface area contributed by atoms with Crippen LogP contribution in [0, 0.1) is 5.92 Å². The molecule has 26 heavy (non-hydrogen) atoms. The van der Waals surface area contributed by atoms with E-state index >= 15 is 0 Å². The van der Waals surface area contributed by atoms with Crippen molar-refractivity contribution in [3.63, 3.8) is 0 Å². The average Bonchev–Trinajstić information content (AvgIpc) is 3.06. The number of amides is 3. The normalized spacial score (nSPS) is 20.3. The lowest BCUT2D eigenvalue weighted by Gasteiger charge is -2.32. The van der Waals surface area contributed by atoms with Crippen LogP contribution in [0.15, 0.2) is 22.8 Å². The number of likely N-dealkylation sites (tertiary alicyclic amines) is 1. The lowest BCUT2D eigenvalue weighted by molar-refractivity contribution is -0.134. The van der Waals surface area contributed by atoms with Gasteiger partial charge in [0.05, 0.1) is 5.92 Å². The maximum atomic E-state index is 12.5. The van der Waals surface area contributed by atoms with Crippen molar-refractivity contribution in [2.45, 2.75) is 19.3 Å². The number of hydrogen-bond donors (Lipinski definition) is 1. The SMILES string of the molecule is O=C(Nc1ccc(Br)cn1)[C@@H]1CCCN(C(=O)CCN2CCSC2=O)C1. The first-order valence-electron chi connectivity index (χ1n) is 8.65. The predicted molar refractivity (Wildman–Crippen MR) is 104 cm³/mol. The Bertz CT molecular complexity index is 685. The van der Waals surface area contributed by atoms with Crippen molar-refractivity contribution in [1.82, 2.24) is 14.8 Å². The monoisotopic (exact) mass is 440 g/mol. The number of hydrogen-bond acceptors (Lipinski definition) is 5. The van der Waals surface area contributed by atoms with Gasteiger partial charge in [0, 0.05) is 49.0 Å². The molecule has 0 aromatic carbocycles. The molecule has 2 aliphatic heterocycles. The third-order valence-corrected chi connectivity index (χ3v) is 5.93. The molecule has 0 bridgehead atoms. The Kier molecular flexibility index (Phi) is 6.53. The number of piperidine rings is 1. The molecule has 1 N–H and O–H groups in total. The number of thioether (sulfide) groups is 1. The molecular formula is C17H21BrN4O3S. The number of nitrogens with zero attached hydrogens (tertiary/aromatic N) is 3. The van der Waals surface area contributed by atoms with Gasteiger partial charge in [-0.3, -0.25) is 14.4 Å². The zero-order valence-corrected chi connectivity index (χ0v) is 16.7. The van der Waals surface area contributed by atoms with Crippen LogP contribution in [0.5, 0.6) is 0 Å². The number of aromatic nitrogens is 1. The van der Waals surface area contributed by atoms with E-state index in [1.807, 2.05) is 6.07 Å². The summed E-state index contributed by atoms with van der Waals surface area (Å²) in [5.74, 6) is 0.967. The first-order chi connectivity index (χ1) is 12.5. The Morgan fingerprint density at radius 2 is 2.19 bits per heavy atom. The van der Waals surface area contributed by atoms with Crippen molar-refractivity contribution in [1.29, 1.82) is 0 Å². The minimum atomic E-state index is -0.234. The highest BCUT2D eigenvalue weighted by Crippen LogP contribution is 2.21. The third kappa shape index (κ3) is 4.97. The summed E-state index contributed by atoms with van der Waals surface area (Å²) in [5, 5.41) is 2.87. The first kappa shape index (κ1) is 19.2. The van der Waals surface area contributed by atoms with Gasteiger partial charge < -0.3 is 15.1 Å². The zero-order valence-electron chi connectivity index (χ0n) is 14.3. The number of anilines is 1. The lowest BCUT2D eigenvalue weighted by atomic mass is 9.97. The van der Waals surface area contributed by atoms with Gasteiger partial charge in [-0.05, 0) is 40.9 Å². The van der Waals surface area contributed by atoms with E-state index < -0.39 is 0 Å². The van der Waals surface area contributed by atoms with Crippen molar-refractivity contribution in [3.05, 3.63) is 22.8 Å². The van der Waals surface area contributed by atoms with E-state index in [9.17, 15) is 14.4 Å². The molecule has 1 atom stereocenters. The van der Waals surface area contributed by atoms with Crippen molar-refractivity contribution in [2.75, 3.05) is 37.2 Å². The second kappa shape index (κ2) is 8.85. The van der Waals surface area contributed by atoms with Crippen LogP contribution in [0.1, 0.15) is 19.3 Å². The van der Waals surface area contributed by atoms with Gasteiger partial charge in [-0.2, -0.15) is 0 Å². The highest BCUT2D eigenvalue weighted by Gasteiger charge is 2.29. The molecule has 0 radical (unpaired) electrons. The van der Waals surface area contributed by atoms with E-state index in [2.05, 4.69) is 26.2 Å². The van der Waals surface area contributed by atoms with Gasteiger partial charge in [0.2, 0.25) is 11.8 Å². The molecule has 1 aromatic heterocycles. The van der Waals surface area contributed by atoms with Gasteiger partial charge in [0.25, 0.3) is 5.24 Å². The lowest BCUT2D eigenvalue weighted by Crippen LogP contribution is -2.44. The number of carbonyl (C=O) groups is 3. The van der Waals surface area contributed by atoms with E-state index in [0.717, 1.165) is 23.1 Å². The van der Waals surface area contributed by atoms with E-state index in [4.69, 9.17) is 0 Å². The topological polar surface area (TPSA) is 82.6 Å². The molecule has 3 heterocycles. The summed E-state index contributed by atoms with van der Waals surface area (Å²) in [6.45, 7) is 2.26. The van der Waals surface area contributed by atoms with Crippen LogP contribution >= 0.6 is 27.7 Å². The van der Waals surface area contributed by atoms with E-state index in [1.54, 1.807) is 22.1 Å². The molecule has 9 heteroatoms. The molecule has 3 rings (SSSR count). The molecule has 3 amide bonds. The standard InChI is InChI=1S/C17H21BrN4O3S/c18-13-3-4-14(19-10-13)20-16(24)12-2-1-6-22(11-12)15(23)5-7-21-8-9-26-17(21)25/h3-4,10,12H,1-2,5-9,11H2,(H,19,20,24)/t12-/m1/s1. The van der Waals surface area contributed by atoms with Crippen LogP contribution in [-0.2, 0) is 9.59 Å². The largest absolute Gasteiger partial charge is 0.342 e. The summed E-state index contributed by atoms with van der Waals surface area (Å²) in [4.78, 5) is 44.1. The number of carbonyl (C=O) groups excluding carboxylic acids is 3. The van der Waals surface area contributed by atoms with E-state index in [0.29, 0.717) is 38.4 Å². The maximum Gasteiger partial charge on any atom is 0.281 e. The smallest absolute Gasteiger partial charge is 0.281 e. The van der Waals surface area contributed by atoms with Crippen LogP contribution < -0.4 is 5.32 Å². The van der Waals surface area contributed by atoms with Crippen LogP contribution in [0.25, 0.3) is 0 Å². The van der Waals surface area contributed by atoms with Crippen molar-refractivity contribution in [3.8, 4) is 0 Å². The zero-order chi connectivity index (χ0) is 18.5.